The third-order valence-electron chi connectivity index (χ3n) is 3.39. The normalized spacial score (nSPS) is 10.7. The number of nitrogens with zero attached hydrogens (tertiary/aromatic N) is 3. The van der Waals surface area contributed by atoms with Crippen molar-refractivity contribution in [3.8, 4) is 0 Å². The third-order valence-corrected chi connectivity index (χ3v) is 3.39. The number of hydrogen-bond donors (Lipinski definition) is 1. The molecule has 0 aliphatic heterocycles. The fourth-order valence-corrected chi connectivity index (χ4v) is 2.18. The summed E-state index contributed by atoms with van der Waals surface area (Å²) in [5, 5.41) is 2.58. The molecule has 0 spiro atoms. The lowest BCUT2D eigenvalue weighted by Gasteiger charge is -2.07. The van der Waals surface area contributed by atoms with Crippen LogP contribution in [-0.2, 0) is 6.54 Å². The van der Waals surface area contributed by atoms with Crippen molar-refractivity contribution in [1.82, 2.24) is 19.7 Å². The second kappa shape index (κ2) is 5.96. The van der Waals surface area contributed by atoms with E-state index in [0.717, 1.165) is 11.8 Å². The van der Waals surface area contributed by atoms with Gasteiger partial charge in [0.15, 0.2) is 0 Å². The van der Waals surface area contributed by atoms with Gasteiger partial charge in [-0.1, -0.05) is 6.07 Å². The zero-order valence-corrected chi connectivity index (χ0v) is 12.3. The highest BCUT2D eigenvalue weighted by atomic mass is 19.1. The number of aryl methyl sites for hydroxylation is 1. The summed E-state index contributed by atoms with van der Waals surface area (Å²) in [5.74, 6) is -1.00. The molecule has 6 nitrogen and oxygen atoms in total. The minimum absolute atomic E-state index is 0.0600. The van der Waals surface area contributed by atoms with E-state index in [-0.39, 0.29) is 12.1 Å². The third kappa shape index (κ3) is 2.94. The molecule has 0 saturated carbocycles. The predicted molar refractivity (Wildman–Crippen MR) is 81.6 cm³/mol. The van der Waals surface area contributed by atoms with Crippen LogP contribution in [-0.4, -0.2) is 20.3 Å². The number of nitrogens with one attached hydrogen (secondary N) is 1. The summed E-state index contributed by atoms with van der Waals surface area (Å²) in [7, 11) is 0. The van der Waals surface area contributed by atoms with Crippen LogP contribution >= 0.6 is 0 Å². The van der Waals surface area contributed by atoms with Gasteiger partial charge < -0.3 is 5.32 Å². The highest BCUT2D eigenvalue weighted by Crippen LogP contribution is 2.05. The van der Waals surface area contributed by atoms with Gasteiger partial charge in [0.05, 0.1) is 18.4 Å². The maximum Gasteiger partial charge on any atom is 0.270 e. The summed E-state index contributed by atoms with van der Waals surface area (Å²) >= 11 is 0. The molecule has 0 fully saturated rings. The first-order valence-corrected chi connectivity index (χ1v) is 6.92. The first-order valence-electron chi connectivity index (χ1n) is 6.92. The molecule has 23 heavy (non-hydrogen) atoms. The zero-order valence-electron chi connectivity index (χ0n) is 12.3. The number of rotatable bonds is 3. The summed E-state index contributed by atoms with van der Waals surface area (Å²) in [6, 6.07) is 6.27. The Morgan fingerprint density at radius 3 is 2.83 bits per heavy atom. The van der Waals surface area contributed by atoms with Gasteiger partial charge in [-0.2, -0.15) is 0 Å². The van der Waals surface area contributed by atoms with Crippen LogP contribution in [0.3, 0.4) is 0 Å². The van der Waals surface area contributed by atoms with E-state index in [0.29, 0.717) is 11.3 Å². The second-order valence-electron chi connectivity index (χ2n) is 5.01. The molecule has 3 aromatic rings. The zero-order chi connectivity index (χ0) is 16.4. The van der Waals surface area contributed by atoms with Crippen LogP contribution in [0.4, 0.5) is 4.39 Å². The van der Waals surface area contributed by atoms with Gasteiger partial charge in [0.1, 0.15) is 17.0 Å². The van der Waals surface area contributed by atoms with Crippen LogP contribution < -0.4 is 10.9 Å². The summed E-state index contributed by atoms with van der Waals surface area (Å²) < 4.78 is 14.1. The first kappa shape index (κ1) is 14.8. The van der Waals surface area contributed by atoms with Crippen LogP contribution in [0.25, 0.3) is 5.65 Å². The van der Waals surface area contributed by atoms with E-state index in [1.54, 1.807) is 12.3 Å². The molecule has 0 aliphatic rings. The Morgan fingerprint density at radius 2 is 2.09 bits per heavy atom. The highest BCUT2D eigenvalue weighted by Gasteiger charge is 2.13. The molecule has 3 aromatic heterocycles. The van der Waals surface area contributed by atoms with E-state index in [2.05, 4.69) is 15.3 Å². The van der Waals surface area contributed by atoms with Gasteiger partial charge >= 0.3 is 0 Å². The van der Waals surface area contributed by atoms with E-state index in [1.807, 2.05) is 13.0 Å². The number of amides is 1. The Bertz CT molecular complexity index is 935. The van der Waals surface area contributed by atoms with Crippen LogP contribution in [0.15, 0.2) is 47.7 Å². The molecule has 3 rings (SSSR count). The minimum atomic E-state index is -0.551. The van der Waals surface area contributed by atoms with Crippen LogP contribution in [0.1, 0.15) is 21.6 Å². The van der Waals surface area contributed by atoms with Crippen molar-refractivity contribution in [2.75, 3.05) is 0 Å². The number of aromatic nitrogens is 3. The molecule has 0 radical (unpaired) electrons. The molecule has 3 heterocycles. The SMILES string of the molecule is Cc1cccn2c(=O)c(C(=O)NCc3ccc(F)cn3)cnc12. The number of hydrogen-bond acceptors (Lipinski definition) is 4. The molecule has 0 bridgehead atoms. The summed E-state index contributed by atoms with van der Waals surface area (Å²) in [6.45, 7) is 1.93. The van der Waals surface area contributed by atoms with E-state index >= 15 is 0 Å². The maximum absolute atomic E-state index is 12.8. The van der Waals surface area contributed by atoms with E-state index in [4.69, 9.17) is 0 Å². The fraction of sp³-hybridized carbons (Fsp3) is 0.125. The Labute approximate surface area is 130 Å². The fourth-order valence-electron chi connectivity index (χ4n) is 2.18. The van der Waals surface area contributed by atoms with E-state index in [1.165, 1.54) is 22.7 Å². The molecule has 7 heteroatoms. The largest absolute Gasteiger partial charge is 0.346 e. The topological polar surface area (TPSA) is 76.4 Å². The van der Waals surface area contributed by atoms with Gasteiger partial charge in [-0.05, 0) is 30.7 Å². The molecule has 1 amide bonds. The van der Waals surface area contributed by atoms with Gasteiger partial charge in [-0.15, -0.1) is 0 Å². The smallest absolute Gasteiger partial charge is 0.270 e. The number of halogens is 1. The lowest BCUT2D eigenvalue weighted by atomic mass is 10.2. The average molecular weight is 312 g/mol. The molecular formula is C16H13FN4O2. The Hall–Kier alpha value is -3.09. The molecule has 0 saturated heterocycles. The van der Waals surface area contributed by atoms with Crippen molar-refractivity contribution in [2.24, 2.45) is 0 Å². The van der Waals surface area contributed by atoms with Crippen molar-refractivity contribution in [2.45, 2.75) is 13.5 Å². The Morgan fingerprint density at radius 1 is 1.26 bits per heavy atom. The molecule has 0 atom stereocenters. The lowest BCUT2D eigenvalue weighted by Crippen LogP contribution is -2.31. The molecule has 0 aromatic carbocycles. The van der Waals surface area contributed by atoms with Crippen molar-refractivity contribution in [3.05, 3.63) is 75.8 Å². The van der Waals surface area contributed by atoms with Gasteiger partial charge in [0.2, 0.25) is 0 Å². The lowest BCUT2D eigenvalue weighted by molar-refractivity contribution is 0.0948. The average Bonchev–Trinajstić information content (AvgIpc) is 2.55. The number of carbonyl (C=O) groups is 1. The number of carbonyl (C=O) groups excluding carboxylic acids is 1. The summed E-state index contributed by atoms with van der Waals surface area (Å²) in [5.41, 5.74) is 1.34. The van der Waals surface area contributed by atoms with Crippen molar-refractivity contribution in [1.29, 1.82) is 0 Å². The molecule has 0 aliphatic carbocycles. The monoisotopic (exact) mass is 312 g/mol. The van der Waals surface area contributed by atoms with Crippen molar-refractivity contribution >= 4 is 11.6 Å². The predicted octanol–water partition coefficient (Wildman–Crippen LogP) is 1.47. The van der Waals surface area contributed by atoms with E-state index in [9.17, 15) is 14.0 Å². The van der Waals surface area contributed by atoms with Crippen LogP contribution in [0.2, 0.25) is 0 Å². The Kier molecular flexibility index (Phi) is 3.84. The Balaban J connectivity index is 1.85. The molecular weight excluding hydrogens is 299 g/mol. The quantitative estimate of drug-likeness (QED) is 0.794. The number of pyridine rings is 2. The molecule has 116 valence electrons. The number of fused-ring (bicyclic) bond motifs is 1. The van der Waals surface area contributed by atoms with Gasteiger partial charge in [-0.25, -0.2) is 9.37 Å². The van der Waals surface area contributed by atoms with Crippen LogP contribution in [0.5, 0.6) is 0 Å². The minimum Gasteiger partial charge on any atom is -0.346 e. The standard InChI is InChI=1S/C16H13FN4O2/c1-10-3-2-6-21-14(10)19-9-13(16(21)23)15(22)20-8-12-5-4-11(17)7-18-12/h2-7,9H,8H2,1H3,(H,20,22). The summed E-state index contributed by atoms with van der Waals surface area (Å²) in [6.07, 6.45) is 3.89. The van der Waals surface area contributed by atoms with Gasteiger partial charge in [-0.3, -0.25) is 19.0 Å². The van der Waals surface area contributed by atoms with Gasteiger partial charge in [0, 0.05) is 12.4 Å². The van der Waals surface area contributed by atoms with Crippen molar-refractivity contribution in [3.63, 3.8) is 0 Å². The molecule has 1 N–H and O–H groups in total. The molecule has 0 unspecified atom stereocenters. The van der Waals surface area contributed by atoms with Gasteiger partial charge in [0.25, 0.3) is 11.5 Å². The van der Waals surface area contributed by atoms with Crippen LogP contribution in [0, 0.1) is 12.7 Å². The first-order chi connectivity index (χ1) is 11.1. The highest BCUT2D eigenvalue weighted by molar-refractivity contribution is 5.93. The summed E-state index contributed by atoms with van der Waals surface area (Å²) in [4.78, 5) is 32.5. The van der Waals surface area contributed by atoms with Crippen molar-refractivity contribution < 1.29 is 9.18 Å². The maximum atomic E-state index is 12.8. The van der Waals surface area contributed by atoms with E-state index < -0.39 is 17.3 Å². The second-order valence-corrected chi connectivity index (χ2v) is 5.01.